The van der Waals surface area contributed by atoms with Crippen molar-refractivity contribution in [3.8, 4) is 11.5 Å². The first-order chi connectivity index (χ1) is 12.5. The van der Waals surface area contributed by atoms with Crippen LogP contribution in [0, 0.1) is 5.82 Å². The Morgan fingerprint density at radius 1 is 1.04 bits per heavy atom. The lowest BCUT2D eigenvalue weighted by atomic mass is 10.1. The van der Waals surface area contributed by atoms with Crippen molar-refractivity contribution in [2.24, 2.45) is 0 Å². The third kappa shape index (κ3) is 5.47. The minimum Gasteiger partial charge on any atom is -0.497 e. The molecule has 6 nitrogen and oxygen atoms in total. The zero-order valence-corrected chi connectivity index (χ0v) is 14.7. The van der Waals surface area contributed by atoms with E-state index in [1.165, 1.54) is 20.3 Å². The van der Waals surface area contributed by atoms with Crippen molar-refractivity contribution < 1.29 is 23.5 Å². The number of hydrogen-bond donors (Lipinski definition) is 2. The summed E-state index contributed by atoms with van der Waals surface area (Å²) in [5.41, 5.74) is 0.956. The van der Waals surface area contributed by atoms with Crippen LogP contribution in [0.4, 0.5) is 10.1 Å². The van der Waals surface area contributed by atoms with E-state index in [1.54, 1.807) is 36.4 Å². The van der Waals surface area contributed by atoms with Crippen LogP contribution in [0.25, 0.3) is 0 Å². The molecule has 0 aliphatic rings. The first-order valence-corrected chi connectivity index (χ1v) is 8.05. The van der Waals surface area contributed by atoms with Crippen LogP contribution in [0.15, 0.2) is 42.5 Å². The molecule has 0 heterocycles. The lowest BCUT2D eigenvalue weighted by Crippen LogP contribution is -2.29. The standard InChI is InChI=1S/C19H21FN2O4/c1-25-14-7-8-16(17(11-14)26-2)22-19(24)12-18(23)21-10-9-13-5-3-4-6-15(13)20/h3-8,11H,9-10,12H2,1-2H3,(H,21,23)(H,22,24). The molecule has 0 atom stereocenters. The number of nitrogens with one attached hydrogen (secondary N) is 2. The Kier molecular flexibility index (Phi) is 6.96. The Balaban J connectivity index is 1.82. The van der Waals surface area contributed by atoms with Gasteiger partial charge in [0.05, 0.1) is 19.9 Å². The van der Waals surface area contributed by atoms with Crippen molar-refractivity contribution >= 4 is 17.5 Å². The van der Waals surface area contributed by atoms with E-state index in [4.69, 9.17) is 9.47 Å². The second-order valence-electron chi connectivity index (χ2n) is 5.48. The number of carbonyl (C=O) groups is 2. The Morgan fingerprint density at radius 2 is 1.81 bits per heavy atom. The van der Waals surface area contributed by atoms with Gasteiger partial charge in [-0.3, -0.25) is 9.59 Å². The largest absolute Gasteiger partial charge is 0.497 e. The van der Waals surface area contributed by atoms with Crippen molar-refractivity contribution in [3.63, 3.8) is 0 Å². The summed E-state index contributed by atoms with van der Waals surface area (Å²) in [6.45, 7) is 0.249. The van der Waals surface area contributed by atoms with Crippen molar-refractivity contribution in [1.82, 2.24) is 5.32 Å². The van der Waals surface area contributed by atoms with Crippen LogP contribution in [-0.4, -0.2) is 32.6 Å². The average Bonchev–Trinajstić information content (AvgIpc) is 2.63. The van der Waals surface area contributed by atoms with Crippen LogP contribution in [0.2, 0.25) is 0 Å². The average molecular weight is 360 g/mol. The predicted molar refractivity (Wildman–Crippen MR) is 95.9 cm³/mol. The molecule has 0 aliphatic heterocycles. The molecule has 2 N–H and O–H groups in total. The number of carbonyl (C=O) groups excluding carboxylic acids is 2. The predicted octanol–water partition coefficient (Wildman–Crippen LogP) is 2.53. The molecule has 2 aromatic carbocycles. The molecule has 2 aromatic rings. The summed E-state index contributed by atoms with van der Waals surface area (Å²) in [4.78, 5) is 23.9. The normalized spacial score (nSPS) is 10.1. The van der Waals surface area contributed by atoms with Crippen molar-refractivity contribution in [1.29, 1.82) is 0 Å². The minimum atomic E-state index is -0.475. The van der Waals surface area contributed by atoms with Gasteiger partial charge in [0.1, 0.15) is 23.7 Å². The van der Waals surface area contributed by atoms with E-state index >= 15 is 0 Å². The second-order valence-corrected chi connectivity index (χ2v) is 5.48. The fraction of sp³-hybridized carbons (Fsp3) is 0.263. The van der Waals surface area contributed by atoms with Gasteiger partial charge in [0.2, 0.25) is 11.8 Å². The van der Waals surface area contributed by atoms with E-state index in [2.05, 4.69) is 10.6 Å². The number of benzene rings is 2. The Hall–Kier alpha value is -3.09. The molecule has 0 aromatic heterocycles. The number of hydrogen-bond acceptors (Lipinski definition) is 4. The maximum atomic E-state index is 13.5. The summed E-state index contributed by atoms with van der Waals surface area (Å²) in [6, 6.07) is 11.3. The lowest BCUT2D eigenvalue weighted by molar-refractivity contribution is -0.126. The molecule has 0 radical (unpaired) electrons. The number of amides is 2. The van der Waals surface area contributed by atoms with Gasteiger partial charge in [-0.2, -0.15) is 0 Å². The van der Waals surface area contributed by atoms with E-state index in [0.29, 0.717) is 29.2 Å². The summed E-state index contributed by atoms with van der Waals surface area (Å²) in [7, 11) is 3.00. The number of rotatable bonds is 8. The maximum Gasteiger partial charge on any atom is 0.233 e. The van der Waals surface area contributed by atoms with Gasteiger partial charge >= 0.3 is 0 Å². The number of ether oxygens (including phenoxy) is 2. The summed E-state index contributed by atoms with van der Waals surface area (Å²) in [5, 5.41) is 5.22. The fourth-order valence-electron chi connectivity index (χ4n) is 2.34. The van der Waals surface area contributed by atoms with E-state index in [-0.39, 0.29) is 18.8 Å². The van der Waals surface area contributed by atoms with Gasteiger partial charge in [-0.25, -0.2) is 4.39 Å². The quantitative estimate of drug-likeness (QED) is 0.710. The molecule has 2 amide bonds. The van der Waals surface area contributed by atoms with Gasteiger partial charge < -0.3 is 20.1 Å². The van der Waals surface area contributed by atoms with E-state index in [1.807, 2.05) is 0 Å². The molecule has 7 heteroatoms. The summed E-state index contributed by atoms with van der Waals surface area (Å²) in [6.07, 6.45) is 0.0127. The Labute approximate surface area is 151 Å². The van der Waals surface area contributed by atoms with Crippen LogP contribution in [-0.2, 0) is 16.0 Å². The van der Waals surface area contributed by atoms with Gasteiger partial charge in [-0.1, -0.05) is 18.2 Å². The zero-order chi connectivity index (χ0) is 18.9. The first-order valence-electron chi connectivity index (χ1n) is 8.05. The molecular formula is C19H21FN2O4. The van der Waals surface area contributed by atoms with Gasteiger partial charge in [0.25, 0.3) is 0 Å². The highest BCUT2D eigenvalue weighted by Crippen LogP contribution is 2.29. The smallest absolute Gasteiger partial charge is 0.233 e. The molecule has 0 saturated heterocycles. The van der Waals surface area contributed by atoms with Crippen molar-refractivity contribution in [2.75, 3.05) is 26.1 Å². The fourth-order valence-corrected chi connectivity index (χ4v) is 2.34. The highest BCUT2D eigenvalue weighted by molar-refractivity contribution is 6.04. The van der Waals surface area contributed by atoms with Gasteiger partial charge in [0.15, 0.2) is 0 Å². The SMILES string of the molecule is COc1ccc(NC(=O)CC(=O)NCCc2ccccc2F)c(OC)c1. The molecule has 0 aliphatic carbocycles. The summed E-state index contributed by atoms with van der Waals surface area (Å²) < 4.78 is 23.8. The molecule has 0 unspecified atom stereocenters. The monoisotopic (exact) mass is 360 g/mol. The van der Waals surface area contributed by atoms with Gasteiger partial charge in [-0.15, -0.1) is 0 Å². The third-order valence-electron chi connectivity index (χ3n) is 3.68. The van der Waals surface area contributed by atoms with Crippen LogP contribution >= 0.6 is 0 Å². The number of halogens is 1. The molecule has 0 fully saturated rings. The Morgan fingerprint density at radius 3 is 2.50 bits per heavy atom. The van der Waals surface area contributed by atoms with Gasteiger partial charge in [-0.05, 0) is 30.2 Å². The molecular weight excluding hydrogens is 339 g/mol. The first kappa shape index (κ1) is 19.2. The van der Waals surface area contributed by atoms with Crippen LogP contribution in [0.3, 0.4) is 0 Å². The Bertz CT molecular complexity index is 780. The van der Waals surface area contributed by atoms with Crippen LogP contribution in [0.5, 0.6) is 11.5 Å². The topological polar surface area (TPSA) is 76.7 Å². The maximum absolute atomic E-state index is 13.5. The van der Waals surface area contributed by atoms with E-state index in [9.17, 15) is 14.0 Å². The van der Waals surface area contributed by atoms with Gasteiger partial charge in [0, 0.05) is 12.6 Å². The van der Waals surface area contributed by atoms with E-state index < -0.39 is 11.8 Å². The molecule has 138 valence electrons. The minimum absolute atomic E-state index is 0.249. The molecule has 0 bridgehead atoms. The summed E-state index contributed by atoms with van der Waals surface area (Å²) in [5.74, 6) is -0.210. The van der Waals surface area contributed by atoms with Crippen LogP contribution < -0.4 is 20.1 Å². The van der Waals surface area contributed by atoms with E-state index in [0.717, 1.165) is 0 Å². The molecule has 0 spiro atoms. The molecule has 0 saturated carbocycles. The van der Waals surface area contributed by atoms with Crippen molar-refractivity contribution in [3.05, 3.63) is 53.8 Å². The lowest BCUT2D eigenvalue weighted by Gasteiger charge is -2.11. The highest BCUT2D eigenvalue weighted by Gasteiger charge is 2.13. The van der Waals surface area contributed by atoms with Crippen LogP contribution in [0.1, 0.15) is 12.0 Å². The molecule has 26 heavy (non-hydrogen) atoms. The highest BCUT2D eigenvalue weighted by atomic mass is 19.1. The van der Waals surface area contributed by atoms with Crippen molar-refractivity contribution in [2.45, 2.75) is 12.8 Å². The second kappa shape index (κ2) is 9.41. The number of anilines is 1. The number of methoxy groups -OCH3 is 2. The zero-order valence-electron chi connectivity index (χ0n) is 14.7. The summed E-state index contributed by atoms with van der Waals surface area (Å²) >= 11 is 0. The molecule has 2 rings (SSSR count). The third-order valence-corrected chi connectivity index (χ3v) is 3.68.